The van der Waals surface area contributed by atoms with E-state index in [2.05, 4.69) is 10.0 Å². The first-order valence-corrected chi connectivity index (χ1v) is 12.5. The summed E-state index contributed by atoms with van der Waals surface area (Å²) in [6.45, 7) is 1.20. The molecule has 0 aliphatic rings. The molecule has 8 heteroatoms. The number of nitrogens with one attached hydrogen (secondary N) is 2. The maximum atomic E-state index is 12.3. The van der Waals surface area contributed by atoms with Gasteiger partial charge in [-0.15, -0.1) is 0 Å². The van der Waals surface area contributed by atoms with Crippen LogP contribution in [0.25, 0.3) is 0 Å². The van der Waals surface area contributed by atoms with Gasteiger partial charge < -0.3 is 20.3 Å². The maximum absolute atomic E-state index is 12.3. The molecule has 3 aromatic carbocycles. The molecule has 0 unspecified atom stereocenters. The number of aliphatic hydroxyl groups excluding tert-OH is 1. The number of hydrogen-bond acceptors (Lipinski definition) is 6. The second-order valence-corrected chi connectivity index (χ2v) is 9.61. The van der Waals surface area contributed by atoms with E-state index in [1.807, 2.05) is 42.5 Å². The zero-order chi connectivity index (χ0) is 23.5. The Morgan fingerprint density at radius 1 is 0.848 bits per heavy atom. The number of anilines is 1. The Bertz CT molecular complexity index is 1070. The van der Waals surface area contributed by atoms with Gasteiger partial charge in [0.15, 0.2) is 0 Å². The predicted octanol–water partition coefficient (Wildman–Crippen LogP) is 2.95. The van der Waals surface area contributed by atoms with E-state index in [0.29, 0.717) is 30.9 Å². The lowest BCUT2D eigenvalue weighted by Crippen LogP contribution is -2.32. The van der Waals surface area contributed by atoms with Gasteiger partial charge in [-0.05, 0) is 66.9 Å². The first-order valence-electron chi connectivity index (χ1n) is 10.8. The van der Waals surface area contributed by atoms with Gasteiger partial charge >= 0.3 is 0 Å². The number of phenols is 1. The average Bonchev–Trinajstić information content (AvgIpc) is 2.82. The van der Waals surface area contributed by atoms with Crippen molar-refractivity contribution in [3.05, 3.63) is 90.0 Å². The summed E-state index contributed by atoms with van der Waals surface area (Å²) in [5.41, 5.74) is 2.59. The Labute approximate surface area is 195 Å². The Kier molecular flexibility index (Phi) is 9.12. The SMILES string of the molecule is O=S(=O)(CCc1ccccc1)Nc1ccc(CCNC[C@H](O)COc2ccc(O)cc2)cc1. The van der Waals surface area contributed by atoms with E-state index < -0.39 is 16.1 Å². The average molecular weight is 471 g/mol. The van der Waals surface area contributed by atoms with E-state index in [9.17, 15) is 18.6 Å². The highest BCUT2D eigenvalue weighted by Crippen LogP contribution is 2.16. The summed E-state index contributed by atoms with van der Waals surface area (Å²) in [4.78, 5) is 0. The van der Waals surface area contributed by atoms with Crippen molar-refractivity contribution < 1.29 is 23.4 Å². The van der Waals surface area contributed by atoms with Crippen molar-refractivity contribution in [2.24, 2.45) is 0 Å². The van der Waals surface area contributed by atoms with Crippen molar-refractivity contribution in [2.75, 3.05) is 30.2 Å². The molecule has 0 fully saturated rings. The monoisotopic (exact) mass is 470 g/mol. The molecule has 3 aromatic rings. The molecule has 0 amide bonds. The molecule has 0 heterocycles. The molecule has 7 nitrogen and oxygen atoms in total. The third-order valence-corrected chi connectivity index (χ3v) is 6.27. The highest BCUT2D eigenvalue weighted by molar-refractivity contribution is 7.92. The van der Waals surface area contributed by atoms with Gasteiger partial charge in [-0.1, -0.05) is 42.5 Å². The number of aromatic hydroxyl groups is 1. The molecule has 1 atom stereocenters. The van der Waals surface area contributed by atoms with Crippen LogP contribution >= 0.6 is 0 Å². The normalized spacial score (nSPS) is 12.3. The standard InChI is InChI=1S/C25H30N2O5S/c28-23-10-12-25(13-11-23)32-19-24(29)18-26-16-14-21-6-8-22(9-7-21)27-33(30,31)17-15-20-4-2-1-3-5-20/h1-13,24,26-29H,14-19H2/t24-/m0/s1. The molecule has 3 rings (SSSR count). The number of aliphatic hydroxyl groups is 1. The van der Waals surface area contributed by atoms with Gasteiger partial charge in [0.1, 0.15) is 24.2 Å². The maximum Gasteiger partial charge on any atom is 0.233 e. The predicted molar refractivity (Wildman–Crippen MR) is 130 cm³/mol. The molecule has 0 spiro atoms. The van der Waals surface area contributed by atoms with Crippen LogP contribution < -0.4 is 14.8 Å². The highest BCUT2D eigenvalue weighted by Gasteiger charge is 2.11. The summed E-state index contributed by atoms with van der Waals surface area (Å²) in [6, 6.07) is 23.2. The van der Waals surface area contributed by atoms with Crippen LogP contribution in [0.2, 0.25) is 0 Å². The van der Waals surface area contributed by atoms with Crippen LogP contribution in [0.5, 0.6) is 11.5 Å². The number of benzene rings is 3. The van der Waals surface area contributed by atoms with E-state index in [0.717, 1.165) is 17.5 Å². The summed E-state index contributed by atoms with van der Waals surface area (Å²) in [6.07, 6.45) is 0.546. The molecule has 33 heavy (non-hydrogen) atoms. The molecular formula is C25H30N2O5S. The molecule has 0 saturated heterocycles. The molecule has 0 radical (unpaired) electrons. The number of rotatable bonds is 13. The van der Waals surface area contributed by atoms with Crippen molar-refractivity contribution in [1.82, 2.24) is 5.32 Å². The smallest absolute Gasteiger partial charge is 0.233 e. The molecule has 4 N–H and O–H groups in total. The van der Waals surface area contributed by atoms with Gasteiger partial charge in [0, 0.05) is 12.2 Å². The third kappa shape index (κ3) is 9.13. The zero-order valence-corrected chi connectivity index (χ0v) is 19.2. The summed E-state index contributed by atoms with van der Waals surface area (Å²) in [7, 11) is -3.42. The fourth-order valence-electron chi connectivity index (χ4n) is 3.16. The van der Waals surface area contributed by atoms with E-state index in [1.54, 1.807) is 24.3 Å². The molecule has 0 aliphatic carbocycles. The first kappa shape index (κ1) is 24.6. The minimum Gasteiger partial charge on any atom is -0.508 e. The number of sulfonamides is 1. The lowest BCUT2D eigenvalue weighted by Gasteiger charge is -2.13. The fraction of sp³-hybridized carbons (Fsp3) is 0.280. The number of phenolic OH excluding ortho intramolecular Hbond substituents is 1. The van der Waals surface area contributed by atoms with Crippen LogP contribution in [-0.4, -0.2) is 50.2 Å². The van der Waals surface area contributed by atoms with Gasteiger partial charge in [-0.2, -0.15) is 0 Å². The number of hydrogen-bond donors (Lipinski definition) is 4. The molecule has 176 valence electrons. The quantitative estimate of drug-likeness (QED) is 0.286. The van der Waals surface area contributed by atoms with Crippen LogP contribution in [0.3, 0.4) is 0 Å². The van der Waals surface area contributed by atoms with E-state index in [1.165, 1.54) is 12.1 Å². The zero-order valence-electron chi connectivity index (χ0n) is 18.4. The fourth-order valence-corrected chi connectivity index (χ4v) is 4.26. The highest BCUT2D eigenvalue weighted by atomic mass is 32.2. The summed E-state index contributed by atoms with van der Waals surface area (Å²) >= 11 is 0. The van der Waals surface area contributed by atoms with Crippen molar-refractivity contribution in [3.8, 4) is 11.5 Å². The van der Waals surface area contributed by atoms with Gasteiger partial charge in [0.25, 0.3) is 0 Å². The number of aryl methyl sites for hydroxylation is 1. The van der Waals surface area contributed by atoms with Crippen LogP contribution in [0.1, 0.15) is 11.1 Å². The largest absolute Gasteiger partial charge is 0.508 e. The van der Waals surface area contributed by atoms with E-state index in [-0.39, 0.29) is 18.1 Å². The molecule has 0 saturated carbocycles. The Morgan fingerprint density at radius 3 is 2.21 bits per heavy atom. The van der Waals surface area contributed by atoms with Crippen molar-refractivity contribution in [1.29, 1.82) is 0 Å². The lowest BCUT2D eigenvalue weighted by atomic mass is 10.1. The van der Waals surface area contributed by atoms with Crippen molar-refractivity contribution in [3.63, 3.8) is 0 Å². The van der Waals surface area contributed by atoms with Crippen LogP contribution in [-0.2, 0) is 22.9 Å². The Hall–Kier alpha value is -3.07. The first-order chi connectivity index (χ1) is 15.9. The topological polar surface area (TPSA) is 108 Å². The minimum absolute atomic E-state index is 0.0292. The van der Waals surface area contributed by atoms with E-state index >= 15 is 0 Å². The van der Waals surface area contributed by atoms with Gasteiger partial charge in [0.2, 0.25) is 10.0 Å². The van der Waals surface area contributed by atoms with Crippen molar-refractivity contribution in [2.45, 2.75) is 18.9 Å². The van der Waals surface area contributed by atoms with Crippen molar-refractivity contribution >= 4 is 15.7 Å². The second kappa shape index (κ2) is 12.2. The Morgan fingerprint density at radius 2 is 1.52 bits per heavy atom. The lowest BCUT2D eigenvalue weighted by molar-refractivity contribution is 0.106. The summed E-state index contributed by atoms with van der Waals surface area (Å²) in [5, 5.41) is 22.5. The minimum atomic E-state index is -3.42. The van der Waals surface area contributed by atoms with Gasteiger partial charge in [-0.3, -0.25) is 4.72 Å². The Balaban J connectivity index is 1.34. The summed E-state index contributed by atoms with van der Waals surface area (Å²) in [5.74, 6) is 0.780. The molecular weight excluding hydrogens is 440 g/mol. The molecule has 0 bridgehead atoms. The van der Waals surface area contributed by atoms with E-state index in [4.69, 9.17) is 4.74 Å². The second-order valence-electron chi connectivity index (χ2n) is 7.77. The van der Waals surface area contributed by atoms with Gasteiger partial charge in [-0.25, -0.2) is 8.42 Å². The van der Waals surface area contributed by atoms with Crippen LogP contribution in [0, 0.1) is 0 Å². The van der Waals surface area contributed by atoms with Crippen LogP contribution in [0.15, 0.2) is 78.9 Å². The molecule has 0 aliphatic heterocycles. The third-order valence-electron chi connectivity index (χ3n) is 4.98. The van der Waals surface area contributed by atoms with Gasteiger partial charge in [0.05, 0.1) is 5.75 Å². The van der Waals surface area contributed by atoms with Crippen LogP contribution in [0.4, 0.5) is 5.69 Å². The summed E-state index contributed by atoms with van der Waals surface area (Å²) < 4.78 is 32.8. The number of ether oxygens (including phenoxy) is 1. The molecule has 0 aromatic heterocycles.